The number of fused-ring (bicyclic) bond motifs is 4. The fraction of sp³-hybridized carbons (Fsp3) is 0.515. The highest BCUT2D eigenvalue weighted by Gasteiger charge is 2.36. The lowest BCUT2D eigenvalue weighted by molar-refractivity contribution is -0.0270. The highest BCUT2D eigenvalue weighted by Crippen LogP contribution is 2.38. The van der Waals surface area contributed by atoms with E-state index in [2.05, 4.69) is 9.98 Å². The first-order valence-electron chi connectivity index (χ1n) is 15.2. The molecule has 10 heteroatoms. The van der Waals surface area contributed by atoms with Crippen molar-refractivity contribution in [1.82, 2.24) is 9.80 Å². The normalized spacial score (nSPS) is 24.5. The Morgan fingerprint density at radius 2 is 1.21 bits per heavy atom. The number of aliphatic imine (C=N–C) groups is 2. The van der Waals surface area contributed by atoms with Crippen molar-refractivity contribution in [2.24, 2.45) is 9.98 Å². The van der Waals surface area contributed by atoms with Gasteiger partial charge in [0, 0.05) is 44.8 Å². The zero-order chi connectivity index (χ0) is 30.1. The predicted molar refractivity (Wildman–Crippen MR) is 164 cm³/mol. The lowest BCUT2D eigenvalue weighted by Crippen LogP contribution is -2.48. The van der Waals surface area contributed by atoms with Crippen molar-refractivity contribution in [1.29, 1.82) is 0 Å². The van der Waals surface area contributed by atoms with Gasteiger partial charge in [0.1, 0.15) is 0 Å². The van der Waals surface area contributed by atoms with E-state index in [0.717, 1.165) is 42.5 Å². The van der Waals surface area contributed by atoms with Gasteiger partial charge in [-0.2, -0.15) is 0 Å². The molecule has 228 valence electrons. The van der Waals surface area contributed by atoms with Gasteiger partial charge in [-0.3, -0.25) is 19.6 Å². The van der Waals surface area contributed by atoms with Gasteiger partial charge in [0.2, 0.25) is 0 Å². The topological polar surface area (TPSA) is 102 Å². The predicted octanol–water partition coefficient (Wildman–Crippen LogP) is 4.82. The van der Waals surface area contributed by atoms with Gasteiger partial charge in [-0.05, 0) is 75.3 Å². The van der Waals surface area contributed by atoms with Crippen LogP contribution in [0.1, 0.15) is 63.9 Å². The third kappa shape index (κ3) is 5.90. The Hall–Kier alpha value is -3.76. The number of methoxy groups -OCH3 is 2. The van der Waals surface area contributed by atoms with Crippen molar-refractivity contribution in [3.63, 3.8) is 0 Å². The molecular weight excluding hydrogens is 548 g/mol. The summed E-state index contributed by atoms with van der Waals surface area (Å²) in [5, 5.41) is 0. The lowest BCUT2D eigenvalue weighted by atomic mass is 9.98. The lowest BCUT2D eigenvalue weighted by Gasteiger charge is -2.37. The van der Waals surface area contributed by atoms with Crippen LogP contribution < -0.4 is 9.47 Å². The molecule has 2 fully saturated rings. The van der Waals surface area contributed by atoms with Gasteiger partial charge in [-0.15, -0.1) is 0 Å². The molecule has 0 aliphatic carbocycles. The second kappa shape index (κ2) is 12.5. The summed E-state index contributed by atoms with van der Waals surface area (Å²) in [7, 11) is 3.13. The third-order valence-corrected chi connectivity index (χ3v) is 9.06. The quantitative estimate of drug-likeness (QED) is 0.410. The summed E-state index contributed by atoms with van der Waals surface area (Å²) in [5.74, 6) is 1.07. The fourth-order valence-electron chi connectivity index (χ4n) is 6.44. The van der Waals surface area contributed by atoms with E-state index in [1.807, 2.05) is 48.2 Å². The molecule has 2 aromatic carbocycles. The summed E-state index contributed by atoms with van der Waals surface area (Å²) >= 11 is 0. The molecule has 43 heavy (non-hydrogen) atoms. The van der Waals surface area contributed by atoms with E-state index in [0.29, 0.717) is 61.0 Å². The Morgan fingerprint density at radius 3 is 1.77 bits per heavy atom. The van der Waals surface area contributed by atoms with Crippen molar-refractivity contribution in [2.75, 3.05) is 40.5 Å². The van der Waals surface area contributed by atoms with Crippen molar-refractivity contribution in [2.45, 2.75) is 70.2 Å². The van der Waals surface area contributed by atoms with Crippen LogP contribution >= 0.6 is 0 Å². The van der Waals surface area contributed by atoms with Gasteiger partial charge in [0.15, 0.2) is 11.5 Å². The van der Waals surface area contributed by atoms with E-state index in [4.69, 9.17) is 18.9 Å². The number of benzene rings is 2. The van der Waals surface area contributed by atoms with E-state index in [9.17, 15) is 9.59 Å². The molecule has 2 aromatic rings. The highest BCUT2D eigenvalue weighted by atomic mass is 16.5. The number of rotatable bonds is 8. The smallest absolute Gasteiger partial charge is 0.256 e. The van der Waals surface area contributed by atoms with Gasteiger partial charge in [0.05, 0.1) is 61.0 Å². The molecule has 0 spiro atoms. The second-order valence-electron chi connectivity index (χ2n) is 11.8. The number of nitrogens with zero attached hydrogens (tertiary/aromatic N) is 4. The zero-order valence-electron chi connectivity index (χ0n) is 25.4. The molecule has 0 radical (unpaired) electrons. The minimum absolute atomic E-state index is 0.0501. The van der Waals surface area contributed by atoms with Crippen molar-refractivity contribution < 1.29 is 28.5 Å². The molecule has 2 saturated heterocycles. The average molecular weight is 589 g/mol. The maximum absolute atomic E-state index is 13.4. The Kier molecular flexibility index (Phi) is 8.50. The third-order valence-electron chi connectivity index (χ3n) is 9.06. The van der Waals surface area contributed by atoms with E-state index in [1.165, 1.54) is 0 Å². The molecule has 10 nitrogen and oxygen atoms in total. The Bertz CT molecular complexity index is 1460. The van der Waals surface area contributed by atoms with Crippen LogP contribution in [0.25, 0.3) is 0 Å². The molecule has 0 saturated carbocycles. The van der Waals surface area contributed by atoms with Crippen LogP contribution in [0.15, 0.2) is 34.3 Å². The summed E-state index contributed by atoms with van der Waals surface area (Å²) in [6.07, 6.45) is 7.71. The molecule has 0 aromatic heterocycles. The van der Waals surface area contributed by atoms with E-state index >= 15 is 0 Å². The van der Waals surface area contributed by atoms with Crippen LogP contribution in [0, 0.1) is 13.8 Å². The summed E-state index contributed by atoms with van der Waals surface area (Å²) in [5.41, 5.74) is 4.80. The van der Waals surface area contributed by atoms with E-state index < -0.39 is 0 Å². The molecule has 0 N–H and O–H groups in total. The Morgan fingerprint density at radius 1 is 0.721 bits per heavy atom. The van der Waals surface area contributed by atoms with E-state index in [-0.39, 0.29) is 36.1 Å². The molecule has 4 heterocycles. The first kappa shape index (κ1) is 29.3. The SMILES string of the molecule is COc1cc2c(cc1OC)C(=O)N1CC[C@@H](OCCCO[C@@H]3CCN4C(=O)c5cc(C)c(C)cc5N=C[C@@H]4C3)C[C@H]1C=N2. The van der Waals surface area contributed by atoms with Crippen molar-refractivity contribution in [3.8, 4) is 11.5 Å². The molecule has 2 amide bonds. The van der Waals surface area contributed by atoms with Gasteiger partial charge >= 0.3 is 0 Å². The van der Waals surface area contributed by atoms with Gasteiger partial charge in [-0.1, -0.05) is 0 Å². The first-order valence-corrected chi connectivity index (χ1v) is 15.2. The number of aryl methyl sites for hydroxylation is 2. The van der Waals surface area contributed by atoms with Crippen LogP contribution in [0.2, 0.25) is 0 Å². The minimum Gasteiger partial charge on any atom is -0.493 e. The fourth-order valence-corrected chi connectivity index (χ4v) is 6.44. The number of carbonyl (C=O) groups is 2. The summed E-state index contributed by atoms with van der Waals surface area (Å²) < 4.78 is 23.2. The van der Waals surface area contributed by atoms with Crippen LogP contribution in [-0.4, -0.2) is 98.9 Å². The number of ether oxygens (including phenoxy) is 4. The van der Waals surface area contributed by atoms with Crippen molar-refractivity contribution >= 4 is 35.6 Å². The molecule has 4 aliphatic heterocycles. The van der Waals surface area contributed by atoms with E-state index in [1.54, 1.807) is 26.4 Å². The summed E-state index contributed by atoms with van der Waals surface area (Å²) in [4.78, 5) is 39.8. The molecule has 4 atom stereocenters. The van der Waals surface area contributed by atoms with Crippen molar-refractivity contribution in [3.05, 3.63) is 46.5 Å². The zero-order valence-corrected chi connectivity index (χ0v) is 25.4. The monoisotopic (exact) mass is 588 g/mol. The van der Waals surface area contributed by atoms with Gasteiger partial charge in [0.25, 0.3) is 11.8 Å². The Balaban J connectivity index is 0.965. The number of hydrogen-bond donors (Lipinski definition) is 0. The number of amides is 2. The summed E-state index contributed by atoms with van der Waals surface area (Å²) in [6.45, 7) is 6.53. The van der Waals surface area contributed by atoms with Gasteiger partial charge in [-0.25, -0.2) is 0 Å². The van der Waals surface area contributed by atoms with Crippen LogP contribution in [0.5, 0.6) is 11.5 Å². The standard InChI is InChI=1S/C33H40N4O6/c1-20-12-26-28(13-21(20)2)34-18-22-14-24(6-8-36(22)32(26)38)42-10-5-11-43-25-7-9-37-23(15-25)19-35-29-17-31(41-4)30(40-3)16-27(29)33(37)39/h12-13,16-19,22-25H,5-11,14-15H2,1-4H3/t22-,23-,24+,25+/m0/s1. The maximum atomic E-state index is 13.4. The molecular formula is C33H40N4O6. The average Bonchev–Trinajstić information content (AvgIpc) is 3.23. The van der Waals surface area contributed by atoms with Crippen LogP contribution in [-0.2, 0) is 9.47 Å². The molecule has 4 aliphatic rings. The second-order valence-corrected chi connectivity index (χ2v) is 11.8. The summed E-state index contributed by atoms with van der Waals surface area (Å²) in [6, 6.07) is 7.25. The largest absolute Gasteiger partial charge is 0.493 e. The van der Waals surface area contributed by atoms with Crippen LogP contribution in [0.4, 0.5) is 11.4 Å². The minimum atomic E-state index is -0.125. The highest BCUT2D eigenvalue weighted by molar-refractivity contribution is 6.04. The molecule has 0 unspecified atom stereocenters. The maximum Gasteiger partial charge on any atom is 0.256 e. The van der Waals surface area contributed by atoms with Crippen LogP contribution in [0.3, 0.4) is 0 Å². The molecule has 0 bridgehead atoms. The number of hydrogen-bond acceptors (Lipinski definition) is 8. The number of piperidine rings is 2. The van der Waals surface area contributed by atoms with Gasteiger partial charge < -0.3 is 28.7 Å². The molecule has 6 rings (SSSR count). The Labute approximate surface area is 252 Å². The first-order chi connectivity index (χ1) is 20.9. The number of carbonyl (C=O) groups excluding carboxylic acids is 2.